The molecule has 0 fully saturated rings. The Labute approximate surface area is 203 Å². The van der Waals surface area contributed by atoms with Gasteiger partial charge in [-0.05, 0) is 85.3 Å². The summed E-state index contributed by atoms with van der Waals surface area (Å²) in [4.78, 5) is 14.3. The fraction of sp³-hybridized carbons (Fsp3) is 0.519. The summed E-state index contributed by atoms with van der Waals surface area (Å²) < 4.78 is 10.9. The average Bonchev–Trinajstić information content (AvgIpc) is 3.23. The van der Waals surface area contributed by atoms with E-state index in [0.29, 0.717) is 12.7 Å². The van der Waals surface area contributed by atoms with E-state index in [1.54, 1.807) is 0 Å². The molecule has 180 valence electrons. The highest BCUT2D eigenvalue weighted by atomic mass is 35.5. The summed E-state index contributed by atoms with van der Waals surface area (Å²) in [5.74, 6) is 1.62. The second-order valence-electron chi connectivity index (χ2n) is 9.84. The largest absolute Gasteiger partial charge is 0.481 e. The minimum atomic E-state index is -0.682. The number of carbonyl (C=O) groups is 1. The van der Waals surface area contributed by atoms with Gasteiger partial charge in [0.25, 0.3) is 0 Å². The lowest BCUT2D eigenvalue weighted by molar-refractivity contribution is -0.141. The van der Waals surface area contributed by atoms with Crippen LogP contribution in [0.25, 0.3) is 0 Å². The van der Waals surface area contributed by atoms with Crippen LogP contribution in [0.2, 0.25) is 0 Å². The summed E-state index contributed by atoms with van der Waals surface area (Å²) in [7, 11) is 2.14. The number of benzene rings is 2. The summed E-state index contributed by atoms with van der Waals surface area (Å²) in [5, 5.41) is 9.84. The zero-order valence-electron chi connectivity index (χ0n) is 19.9. The molecule has 1 aliphatic heterocycles. The Balaban J connectivity index is 0.00000306. The quantitative estimate of drug-likeness (QED) is 0.517. The molecule has 1 heterocycles. The third kappa shape index (κ3) is 5.64. The number of hydrogen-bond acceptors (Lipinski definition) is 4. The zero-order valence-corrected chi connectivity index (χ0v) is 20.7. The van der Waals surface area contributed by atoms with Crippen LogP contribution < -0.4 is 9.47 Å². The molecule has 2 aliphatic rings. The Bertz CT molecular complexity index is 963. The second-order valence-corrected chi connectivity index (χ2v) is 9.84. The average molecular weight is 474 g/mol. The highest BCUT2D eigenvalue weighted by molar-refractivity contribution is 5.85. The fourth-order valence-corrected chi connectivity index (χ4v) is 5.81. The molecule has 1 aliphatic carbocycles. The van der Waals surface area contributed by atoms with Crippen LogP contribution in [0.4, 0.5) is 0 Å². The van der Waals surface area contributed by atoms with Crippen LogP contribution in [0.1, 0.15) is 55.7 Å². The van der Waals surface area contributed by atoms with E-state index < -0.39 is 5.97 Å². The molecule has 0 bridgehead atoms. The number of aliphatic carboxylic acids is 1. The summed E-state index contributed by atoms with van der Waals surface area (Å²) >= 11 is 0. The Kier molecular flexibility index (Phi) is 8.30. The van der Waals surface area contributed by atoms with Crippen LogP contribution >= 0.6 is 12.4 Å². The molecule has 1 N–H and O–H groups in total. The molecule has 6 heteroatoms. The van der Waals surface area contributed by atoms with Crippen LogP contribution in [-0.4, -0.2) is 42.9 Å². The van der Waals surface area contributed by atoms with E-state index >= 15 is 0 Å². The minimum Gasteiger partial charge on any atom is -0.481 e. The Morgan fingerprint density at radius 2 is 1.91 bits per heavy atom. The topological polar surface area (TPSA) is 59.0 Å². The molecule has 0 amide bonds. The summed E-state index contributed by atoms with van der Waals surface area (Å²) in [5.41, 5.74) is 3.77. The van der Waals surface area contributed by atoms with Crippen molar-refractivity contribution < 1.29 is 19.4 Å². The van der Waals surface area contributed by atoms with Crippen molar-refractivity contribution in [2.75, 3.05) is 26.9 Å². The summed E-state index contributed by atoms with van der Waals surface area (Å²) in [6.07, 6.45) is 3.96. The van der Waals surface area contributed by atoms with Crippen molar-refractivity contribution in [2.45, 2.75) is 51.9 Å². The molecule has 0 spiro atoms. The smallest absolute Gasteiger partial charge is 0.303 e. The van der Waals surface area contributed by atoms with Gasteiger partial charge in [0.2, 0.25) is 6.79 Å². The highest BCUT2D eigenvalue weighted by Crippen LogP contribution is 2.53. The van der Waals surface area contributed by atoms with Crippen molar-refractivity contribution in [1.29, 1.82) is 0 Å². The normalized spacial score (nSPS) is 21.1. The molecule has 2 aromatic carbocycles. The SMILES string of the molecule is CC(C)C1c2ccccc2CCC1(CCN(C)CCc1ccc2c(c1)OCO2)CC(=O)O.Cl. The number of likely N-dealkylation sites (N-methyl/N-ethyl adjacent to an activating group) is 1. The predicted octanol–water partition coefficient (Wildman–Crippen LogP) is 5.55. The van der Waals surface area contributed by atoms with E-state index in [1.807, 2.05) is 6.07 Å². The predicted molar refractivity (Wildman–Crippen MR) is 133 cm³/mol. The fourth-order valence-electron chi connectivity index (χ4n) is 5.81. The van der Waals surface area contributed by atoms with Crippen molar-refractivity contribution in [3.8, 4) is 11.5 Å². The van der Waals surface area contributed by atoms with Crippen molar-refractivity contribution in [3.05, 3.63) is 59.2 Å². The lowest BCUT2D eigenvalue weighted by Crippen LogP contribution is -2.41. The lowest BCUT2D eigenvalue weighted by atomic mass is 9.57. The molecule has 2 unspecified atom stereocenters. The number of aryl methyl sites for hydroxylation is 1. The molecule has 5 nitrogen and oxygen atoms in total. The number of ether oxygens (including phenoxy) is 2. The first-order valence-corrected chi connectivity index (χ1v) is 11.7. The number of hydrogen-bond donors (Lipinski definition) is 1. The second kappa shape index (κ2) is 10.8. The van der Waals surface area contributed by atoms with Gasteiger partial charge in [-0.15, -0.1) is 12.4 Å². The van der Waals surface area contributed by atoms with Crippen LogP contribution in [0, 0.1) is 11.3 Å². The van der Waals surface area contributed by atoms with Gasteiger partial charge in [-0.1, -0.05) is 44.2 Å². The van der Waals surface area contributed by atoms with E-state index in [-0.39, 0.29) is 30.2 Å². The van der Waals surface area contributed by atoms with Gasteiger partial charge in [0.1, 0.15) is 0 Å². The lowest BCUT2D eigenvalue weighted by Gasteiger charge is -2.47. The summed E-state index contributed by atoms with van der Waals surface area (Å²) in [6, 6.07) is 14.8. The number of halogens is 1. The van der Waals surface area contributed by atoms with Crippen molar-refractivity contribution in [3.63, 3.8) is 0 Å². The van der Waals surface area contributed by atoms with E-state index in [2.05, 4.69) is 62.2 Å². The Hall–Kier alpha value is -2.24. The molecule has 2 aromatic rings. The first-order valence-electron chi connectivity index (χ1n) is 11.7. The van der Waals surface area contributed by atoms with Crippen LogP contribution in [0.5, 0.6) is 11.5 Å². The number of nitrogens with zero attached hydrogens (tertiary/aromatic N) is 1. The van der Waals surface area contributed by atoms with Crippen LogP contribution in [0.3, 0.4) is 0 Å². The molecule has 0 radical (unpaired) electrons. The maximum absolute atomic E-state index is 12.0. The molecular weight excluding hydrogens is 438 g/mol. The van der Waals surface area contributed by atoms with E-state index in [4.69, 9.17) is 9.47 Å². The minimum absolute atomic E-state index is 0. The molecule has 33 heavy (non-hydrogen) atoms. The molecule has 0 aromatic heterocycles. The van der Waals surface area contributed by atoms with Gasteiger partial charge < -0.3 is 19.5 Å². The molecule has 0 saturated carbocycles. The molecular formula is C27H36ClNO4. The Morgan fingerprint density at radius 3 is 2.67 bits per heavy atom. The monoisotopic (exact) mass is 473 g/mol. The van der Waals surface area contributed by atoms with E-state index in [1.165, 1.54) is 16.7 Å². The first-order chi connectivity index (χ1) is 15.4. The summed E-state index contributed by atoms with van der Waals surface area (Å²) in [6.45, 7) is 6.60. The molecule has 4 rings (SSSR count). The molecule has 0 saturated heterocycles. The maximum atomic E-state index is 12.0. The van der Waals surface area contributed by atoms with Gasteiger partial charge in [0.05, 0.1) is 6.42 Å². The van der Waals surface area contributed by atoms with Gasteiger partial charge >= 0.3 is 5.97 Å². The van der Waals surface area contributed by atoms with Gasteiger partial charge in [-0.3, -0.25) is 4.79 Å². The standard InChI is InChI=1S/C27H35NO4.ClH/c1-19(2)26-22-7-5-4-6-21(22)10-12-27(26,17-25(29)30)13-15-28(3)14-11-20-8-9-23-24(16-20)32-18-31-23;/h4-9,16,19,26H,10-15,17-18H2,1-3H3,(H,29,30);1H. The molecule has 2 atom stereocenters. The first kappa shape index (κ1) is 25.4. The third-order valence-electron chi connectivity index (χ3n) is 7.32. The van der Waals surface area contributed by atoms with Crippen molar-refractivity contribution in [2.24, 2.45) is 11.3 Å². The number of rotatable bonds is 9. The number of carboxylic acids is 1. The van der Waals surface area contributed by atoms with Crippen LogP contribution in [-0.2, 0) is 17.6 Å². The highest BCUT2D eigenvalue weighted by Gasteiger charge is 2.45. The third-order valence-corrected chi connectivity index (χ3v) is 7.32. The Morgan fingerprint density at radius 1 is 1.15 bits per heavy atom. The number of carboxylic acid groups (broad SMARTS) is 1. The number of fused-ring (bicyclic) bond motifs is 2. The van der Waals surface area contributed by atoms with E-state index in [0.717, 1.165) is 50.3 Å². The van der Waals surface area contributed by atoms with E-state index in [9.17, 15) is 9.90 Å². The zero-order chi connectivity index (χ0) is 22.7. The van der Waals surface area contributed by atoms with Gasteiger partial charge in [-0.2, -0.15) is 0 Å². The van der Waals surface area contributed by atoms with Gasteiger partial charge in [-0.25, -0.2) is 0 Å². The van der Waals surface area contributed by atoms with Crippen molar-refractivity contribution >= 4 is 18.4 Å². The van der Waals surface area contributed by atoms with Crippen LogP contribution in [0.15, 0.2) is 42.5 Å². The van der Waals surface area contributed by atoms with Crippen molar-refractivity contribution in [1.82, 2.24) is 4.90 Å². The van der Waals surface area contributed by atoms with Gasteiger partial charge in [0.15, 0.2) is 11.5 Å². The maximum Gasteiger partial charge on any atom is 0.303 e. The van der Waals surface area contributed by atoms with Gasteiger partial charge in [0, 0.05) is 6.54 Å².